The van der Waals surface area contributed by atoms with Gasteiger partial charge in [0.05, 0.1) is 14.2 Å². The Balaban J connectivity index is 1.24. The first kappa shape index (κ1) is 19.6. The van der Waals surface area contributed by atoms with Crippen molar-refractivity contribution in [2.75, 3.05) is 40.4 Å². The molecule has 1 unspecified atom stereocenters. The topological polar surface area (TPSA) is 50.8 Å². The number of piperidine rings is 2. The Kier molecular flexibility index (Phi) is 5.81. The van der Waals surface area contributed by atoms with E-state index in [1.165, 1.54) is 18.4 Å². The summed E-state index contributed by atoms with van der Waals surface area (Å²) in [6, 6.07) is 6.13. The highest BCUT2D eigenvalue weighted by atomic mass is 16.5. The maximum atomic E-state index is 12.9. The van der Waals surface area contributed by atoms with Crippen LogP contribution in [0.1, 0.15) is 44.1 Å². The second-order valence-electron chi connectivity index (χ2n) is 8.90. The molecule has 5 heteroatoms. The number of nitrogens with one attached hydrogen (secondary N) is 1. The molecule has 2 aliphatic heterocycles. The van der Waals surface area contributed by atoms with Crippen LogP contribution < -0.4 is 14.8 Å². The van der Waals surface area contributed by atoms with Crippen LogP contribution in [0.4, 0.5) is 0 Å². The van der Waals surface area contributed by atoms with Gasteiger partial charge in [-0.3, -0.25) is 4.79 Å². The SMILES string of the molecule is COc1cc(CCC2CCN(C(=O)C3CC34CCNCC4)CC2)cc(OC)c1. The summed E-state index contributed by atoms with van der Waals surface area (Å²) < 4.78 is 10.8. The van der Waals surface area contributed by atoms with E-state index in [2.05, 4.69) is 22.3 Å². The second-order valence-corrected chi connectivity index (χ2v) is 8.90. The Morgan fingerprint density at radius 1 is 1.11 bits per heavy atom. The van der Waals surface area contributed by atoms with Crippen LogP contribution in [-0.2, 0) is 11.2 Å². The van der Waals surface area contributed by atoms with E-state index in [1.807, 2.05) is 6.07 Å². The van der Waals surface area contributed by atoms with E-state index in [0.717, 1.165) is 69.8 Å². The van der Waals surface area contributed by atoms with Crippen molar-refractivity contribution in [1.82, 2.24) is 10.2 Å². The molecule has 2 saturated heterocycles. The van der Waals surface area contributed by atoms with E-state index in [-0.39, 0.29) is 0 Å². The first-order valence-electron chi connectivity index (χ1n) is 10.8. The van der Waals surface area contributed by atoms with Gasteiger partial charge in [-0.2, -0.15) is 0 Å². The Morgan fingerprint density at radius 3 is 2.36 bits per heavy atom. The van der Waals surface area contributed by atoms with E-state index in [9.17, 15) is 4.79 Å². The molecule has 0 bridgehead atoms. The molecule has 1 atom stereocenters. The third-order valence-electron chi connectivity index (χ3n) is 7.27. The van der Waals surface area contributed by atoms with Crippen molar-refractivity contribution in [3.63, 3.8) is 0 Å². The van der Waals surface area contributed by atoms with Crippen LogP contribution >= 0.6 is 0 Å². The molecule has 1 N–H and O–H groups in total. The summed E-state index contributed by atoms with van der Waals surface area (Å²) in [4.78, 5) is 15.1. The standard InChI is InChI=1S/C23H34N2O3/c1-27-19-13-18(14-20(15-19)28-2)4-3-17-5-11-25(12-6-17)22(26)21-16-23(21)7-9-24-10-8-23/h13-15,17,21,24H,3-12,16H2,1-2H3. The third kappa shape index (κ3) is 4.14. The smallest absolute Gasteiger partial charge is 0.226 e. The van der Waals surface area contributed by atoms with Crippen LogP contribution in [0, 0.1) is 17.3 Å². The molecule has 1 aromatic rings. The number of rotatable bonds is 6. The lowest BCUT2D eigenvalue weighted by Crippen LogP contribution is -2.41. The van der Waals surface area contributed by atoms with E-state index in [1.54, 1.807) is 14.2 Å². The molecular weight excluding hydrogens is 352 g/mol. The third-order valence-corrected chi connectivity index (χ3v) is 7.27. The van der Waals surface area contributed by atoms with Crippen molar-refractivity contribution in [1.29, 1.82) is 0 Å². The molecule has 154 valence electrons. The van der Waals surface area contributed by atoms with Gasteiger partial charge >= 0.3 is 0 Å². The molecule has 1 aromatic carbocycles. The average molecular weight is 387 g/mol. The van der Waals surface area contributed by atoms with Gasteiger partial charge in [0, 0.05) is 25.1 Å². The molecule has 4 rings (SSSR count). The molecule has 1 spiro atoms. The molecule has 2 heterocycles. The first-order chi connectivity index (χ1) is 13.6. The van der Waals surface area contributed by atoms with E-state index >= 15 is 0 Å². The average Bonchev–Trinajstić information content (AvgIpc) is 3.44. The molecule has 3 aliphatic rings. The number of likely N-dealkylation sites (tertiary alicyclic amines) is 1. The van der Waals surface area contributed by atoms with Crippen LogP contribution in [-0.4, -0.2) is 51.2 Å². The van der Waals surface area contributed by atoms with Gasteiger partial charge in [0.15, 0.2) is 0 Å². The second kappa shape index (κ2) is 8.32. The van der Waals surface area contributed by atoms with E-state index in [4.69, 9.17) is 9.47 Å². The maximum absolute atomic E-state index is 12.9. The van der Waals surface area contributed by atoms with Crippen molar-refractivity contribution in [2.24, 2.45) is 17.3 Å². The number of aryl methyl sites for hydroxylation is 1. The Hall–Kier alpha value is -1.75. The van der Waals surface area contributed by atoms with Crippen LogP contribution in [0.25, 0.3) is 0 Å². The largest absolute Gasteiger partial charge is 0.497 e. The number of amides is 1. The fourth-order valence-electron chi connectivity index (χ4n) is 5.22. The zero-order valence-electron chi connectivity index (χ0n) is 17.3. The molecule has 1 saturated carbocycles. The molecule has 28 heavy (non-hydrogen) atoms. The van der Waals surface area contributed by atoms with Gasteiger partial charge in [-0.25, -0.2) is 0 Å². The number of hydrogen-bond donors (Lipinski definition) is 1. The summed E-state index contributed by atoms with van der Waals surface area (Å²) in [5.74, 6) is 3.17. The molecular formula is C23H34N2O3. The highest BCUT2D eigenvalue weighted by molar-refractivity contribution is 5.82. The van der Waals surface area contributed by atoms with Gasteiger partial charge in [-0.15, -0.1) is 0 Å². The Labute approximate surface area is 168 Å². The van der Waals surface area contributed by atoms with Crippen molar-refractivity contribution in [2.45, 2.75) is 44.9 Å². The van der Waals surface area contributed by atoms with Gasteiger partial charge in [0.1, 0.15) is 11.5 Å². The summed E-state index contributed by atoms with van der Waals surface area (Å²) in [7, 11) is 3.39. The number of nitrogens with zero attached hydrogens (tertiary/aromatic N) is 1. The number of ether oxygens (including phenoxy) is 2. The fourth-order valence-corrected chi connectivity index (χ4v) is 5.22. The molecule has 1 aliphatic carbocycles. The first-order valence-corrected chi connectivity index (χ1v) is 10.8. The highest BCUT2D eigenvalue weighted by Crippen LogP contribution is 2.59. The van der Waals surface area contributed by atoms with E-state index < -0.39 is 0 Å². The zero-order valence-corrected chi connectivity index (χ0v) is 17.3. The van der Waals surface area contributed by atoms with Crippen molar-refractivity contribution in [3.05, 3.63) is 23.8 Å². The maximum Gasteiger partial charge on any atom is 0.226 e. The summed E-state index contributed by atoms with van der Waals surface area (Å²) in [5.41, 5.74) is 1.62. The molecule has 1 amide bonds. The van der Waals surface area contributed by atoms with Crippen LogP contribution in [0.2, 0.25) is 0 Å². The van der Waals surface area contributed by atoms with Gasteiger partial charge in [0.2, 0.25) is 5.91 Å². The lowest BCUT2D eigenvalue weighted by molar-refractivity contribution is -0.135. The number of benzene rings is 1. The van der Waals surface area contributed by atoms with Gasteiger partial charge < -0.3 is 19.7 Å². The minimum Gasteiger partial charge on any atom is -0.497 e. The van der Waals surface area contributed by atoms with Crippen molar-refractivity contribution in [3.8, 4) is 11.5 Å². The summed E-state index contributed by atoms with van der Waals surface area (Å²) >= 11 is 0. The van der Waals surface area contributed by atoms with Crippen LogP contribution in [0.3, 0.4) is 0 Å². The van der Waals surface area contributed by atoms with Gasteiger partial charge in [0.25, 0.3) is 0 Å². The predicted octanol–water partition coefficient (Wildman–Crippen LogP) is 3.26. The fraction of sp³-hybridized carbons (Fsp3) is 0.696. The highest BCUT2D eigenvalue weighted by Gasteiger charge is 2.58. The monoisotopic (exact) mass is 386 g/mol. The van der Waals surface area contributed by atoms with Crippen LogP contribution in [0.5, 0.6) is 11.5 Å². The zero-order chi connectivity index (χ0) is 19.6. The van der Waals surface area contributed by atoms with Gasteiger partial charge in [-0.1, -0.05) is 0 Å². The lowest BCUT2D eigenvalue weighted by atomic mass is 9.89. The normalized spacial score (nSPS) is 24.2. The minimum absolute atomic E-state index is 0.315. The quantitative estimate of drug-likeness (QED) is 0.815. The van der Waals surface area contributed by atoms with Crippen molar-refractivity contribution < 1.29 is 14.3 Å². The Morgan fingerprint density at radius 2 is 1.75 bits per heavy atom. The lowest BCUT2D eigenvalue weighted by Gasteiger charge is -2.33. The predicted molar refractivity (Wildman–Crippen MR) is 110 cm³/mol. The number of carbonyl (C=O) groups is 1. The number of methoxy groups -OCH3 is 2. The number of carbonyl (C=O) groups excluding carboxylic acids is 1. The van der Waals surface area contributed by atoms with Crippen molar-refractivity contribution >= 4 is 5.91 Å². The molecule has 5 nitrogen and oxygen atoms in total. The molecule has 0 aromatic heterocycles. The molecule has 0 radical (unpaired) electrons. The van der Waals surface area contributed by atoms with Crippen LogP contribution in [0.15, 0.2) is 18.2 Å². The molecule has 3 fully saturated rings. The minimum atomic E-state index is 0.315. The summed E-state index contributed by atoms with van der Waals surface area (Å²) in [6.07, 6.45) is 7.96. The number of hydrogen-bond acceptors (Lipinski definition) is 4. The summed E-state index contributed by atoms with van der Waals surface area (Å²) in [5, 5.41) is 3.43. The van der Waals surface area contributed by atoms with Gasteiger partial charge in [-0.05, 0) is 87.1 Å². The summed E-state index contributed by atoms with van der Waals surface area (Å²) in [6.45, 7) is 4.05. The Bertz CT molecular complexity index is 669. The van der Waals surface area contributed by atoms with E-state index in [0.29, 0.717) is 23.2 Å².